The van der Waals surface area contributed by atoms with Crippen LogP contribution in [0.3, 0.4) is 0 Å². The zero-order valence-electron chi connectivity index (χ0n) is 14.2. The van der Waals surface area contributed by atoms with E-state index < -0.39 is 0 Å². The third-order valence-corrected chi connectivity index (χ3v) is 3.84. The molecule has 0 bridgehead atoms. The second kappa shape index (κ2) is 8.67. The highest BCUT2D eigenvalue weighted by atomic mass is 16.5. The normalized spacial score (nSPS) is 10.3. The molecular formula is C21H19NO4. The van der Waals surface area contributed by atoms with Crippen LogP contribution in [0.15, 0.2) is 66.7 Å². The lowest BCUT2D eigenvalue weighted by molar-refractivity contribution is -0.123. The number of para-hydroxylation sites is 1. The Morgan fingerprint density at radius 2 is 1.69 bits per heavy atom. The molecular weight excluding hydrogens is 330 g/mol. The summed E-state index contributed by atoms with van der Waals surface area (Å²) in [5.41, 5.74) is 0.448. The molecule has 1 amide bonds. The molecule has 5 heteroatoms. The second-order valence-corrected chi connectivity index (χ2v) is 5.62. The van der Waals surface area contributed by atoms with Gasteiger partial charge in [0.05, 0.1) is 12.1 Å². The summed E-state index contributed by atoms with van der Waals surface area (Å²) in [6.07, 6.45) is 0.753. The summed E-state index contributed by atoms with van der Waals surface area (Å²) >= 11 is 0. The van der Waals surface area contributed by atoms with Crippen LogP contribution >= 0.6 is 0 Å². The van der Waals surface area contributed by atoms with E-state index in [0.29, 0.717) is 24.5 Å². The Morgan fingerprint density at radius 1 is 0.923 bits per heavy atom. The van der Waals surface area contributed by atoms with Gasteiger partial charge in [0.1, 0.15) is 18.1 Å². The number of hydrogen-bond donors (Lipinski definition) is 1. The minimum atomic E-state index is -0.272. The molecule has 0 fully saturated rings. The van der Waals surface area contributed by atoms with Crippen LogP contribution in [0.2, 0.25) is 0 Å². The molecule has 0 aliphatic heterocycles. The van der Waals surface area contributed by atoms with E-state index in [1.54, 1.807) is 6.07 Å². The van der Waals surface area contributed by atoms with Gasteiger partial charge in [0.25, 0.3) is 5.91 Å². The molecule has 0 saturated carbocycles. The Bertz CT molecular complexity index is 893. The number of aldehydes is 1. The lowest BCUT2D eigenvalue weighted by atomic mass is 10.0. The van der Waals surface area contributed by atoms with Crippen molar-refractivity contribution in [1.29, 1.82) is 0 Å². The van der Waals surface area contributed by atoms with Crippen LogP contribution in [0.5, 0.6) is 11.5 Å². The zero-order chi connectivity index (χ0) is 18.2. The van der Waals surface area contributed by atoms with Gasteiger partial charge >= 0.3 is 0 Å². The number of rotatable bonds is 8. The highest BCUT2D eigenvalue weighted by Gasteiger charge is 2.10. The lowest BCUT2D eigenvalue weighted by Crippen LogP contribution is -2.32. The molecule has 0 aliphatic carbocycles. The fourth-order valence-electron chi connectivity index (χ4n) is 2.59. The van der Waals surface area contributed by atoms with Gasteiger partial charge in [-0.05, 0) is 29.0 Å². The number of nitrogens with one attached hydrogen (secondary N) is 1. The Hall–Kier alpha value is -3.34. The molecule has 0 atom stereocenters. The van der Waals surface area contributed by atoms with E-state index in [2.05, 4.69) is 5.32 Å². The fourth-order valence-corrected chi connectivity index (χ4v) is 2.59. The van der Waals surface area contributed by atoms with Crippen molar-refractivity contribution in [2.75, 3.05) is 19.8 Å². The molecule has 3 aromatic carbocycles. The number of carbonyl (C=O) groups is 2. The number of hydrogen-bond acceptors (Lipinski definition) is 4. The van der Waals surface area contributed by atoms with Crippen molar-refractivity contribution in [3.8, 4) is 11.5 Å². The molecule has 0 aliphatic rings. The molecule has 1 N–H and O–H groups in total. The maximum absolute atomic E-state index is 11.9. The Morgan fingerprint density at radius 3 is 2.50 bits per heavy atom. The van der Waals surface area contributed by atoms with Crippen molar-refractivity contribution >= 4 is 23.0 Å². The van der Waals surface area contributed by atoms with Crippen LogP contribution in [0, 0.1) is 0 Å². The standard InChI is InChI=1S/C21H19NO4/c23-14-19-18-9-5-4-6-16(18)10-11-20(19)26-15-21(24)22-12-13-25-17-7-2-1-3-8-17/h1-11,14H,12-13,15H2,(H,22,24). The van der Waals surface area contributed by atoms with E-state index in [4.69, 9.17) is 9.47 Å². The zero-order valence-corrected chi connectivity index (χ0v) is 14.2. The average molecular weight is 349 g/mol. The summed E-state index contributed by atoms with van der Waals surface area (Å²) in [6.45, 7) is 0.575. The van der Waals surface area contributed by atoms with Crippen molar-refractivity contribution in [3.05, 3.63) is 72.3 Å². The van der Waals surface area contributed by atoms with Gasteiger partial charge in [0.2, 0.25) is 0 Å². The van der Waals surface area contributed by atoms with E-state index in [1.165, 1.54) is 0 Å². The highest BCUT2D eigenvalue weighted by Crippen LogP contribution is 2.26. The van der Waals surface area contributed by atoms with Gasteiger partial charge in [0, 0.05) is 0 Å². The molecule has 0 heterocycles. The van der Waals surface area contributed by atoms with Crippen molar-refractivity contribution in [2.24, 2.45) is 0 Å². The topological polar surface area (TPSA) is 64.6 Å². The first-order chi connectivity index (χ1) is 12.8. The number of amides is 1. The number of fused-ring (bicyclic) bond motifs is 1. The predicted molar refractivity (Wildman–Crippen MR) is 99.8 cm³/mol. The van der Waals surface area contributed by atoms with Crippen molar-refractivity contribution in [1.82, 2.24) is 5.32 Å². The van der Waals surface area contributed by atoms with Crippen LogP contribution in [0.25, 0.3) is 10.8 Å². The van der Waals surface area contributed by atoms with E-state index >= 15 is 0 Å². The van der Waals surface area contributed by atoms with Gasteiger partial charge in [0.15, 0.2) is 12.9 Å². The number of carbonyl (C=O) groups excluding carboxylic acids is 2. The Kier molecular flexibility index (Phi) is 5.83. The van der Waals surface area contributed by atoms with Crippen LogP contribution < -0.4 is 14.8 Å². The van der Waals surface area contributed by atoms with Crippen molar-refractivity contribution < 1.29 is 19.1 Å². The summed E-state index contributed by atoms with van der Waals surface area (Å²) in [5, 5.41) is 4.47. The van der Waals surface area contributed by atoms with Gasteiger partial charge in [-0.2, -0.15) is 0 Å². The maximum Gasteiger partial charge on any atom is 0.258 e. The SMILES string of the molecule is O=Cc1c(OCC(=O)NCCOc2ccccc2)ccc2ccccc12. The van der Waals surface area contributed by atoms with Gasteiger partial charge in [-0.1, -0.05) is 48.5 Å². The molecule has 0 aromatic heterocycles. The molecule has 0 spiro atoms. The molecule has 0 saturated heterocycles. The second-order valence-electron chi connectivity index (χ2n) is 5.62. The van der Waals surface area contributed by atoms with Crippen LogP contribution in [0.1, 0.15) is 10.4 Å². The predicted octanol–water partition coefficient (Wildman–Crippen LogP) is 3.23. The third-order valence-electron chi connectivity index (χ3n) is 3.84. The van der Waals surface area contributed by atoms with Crippen LogP contribution in [-0.4, -0.2) is 32.0 Å². The smallest absolute Gasteiger partial charge is 0.258 e. The Balaban J connectivity index is 1.50. The largest absolute Gasteiger partial charge is 0.492 e. The minimum Gasteiger partial charge on any atom is -0.492 e. The van der Waals surface area contributed by atoms with Crippen molar-refractivity contribution in [2.45, 2.75) is 0 Å². The van der Waals surface area contributed by atoms with Gasteiger partial charge in [-0.15, -0.1) is 0 Å². The summed E-state index contributed by atoms with van der Waals surface area (Å²) in [4.78, 5) is 23.3. The molecule has 3 aromatic rings. The van der Waals surface area contributed by atoms with Gasteiger partial charge in [-0.3, -0.25) is 9.59 Å². The first kappa shape index (κ1) is 17.5. The number of ether oxygens (including phenoxy) is 2. The number of benzene rings is 3. The summed E-state index contributed by atoms with van der Waals surface area (Å²) in [5.74, 6) is 0.880. The monoisotopic (exact) mass is 349 g/mol. The maximum atomic E-state index is 11.9. The lowest BCUT2D eigenvalue weighted by Gasteiger charge is -2.11. The van der Waals surface area contributed by atoms with Crippen LogP contribution in [0.4, 0.5) is 0 Å². The van der Waals surface area contributed by atoms with Gasteiger partial charge in [-0.25, -0.2) is 0 Å². The Labute approximate surface area is 151 Å². The van der Waals surface area contributed by atoms with E-state index in [1.807, 2.05) is 60.7 Å². The summed E-state index contributed by atoms with van der Waals surface area (Å²) in [6, 6.07) is 20.5. The van der Waals surface area contributed by atoms with E-state index in [0.717, 1.165) is 22.8 Å². The quantitative estimate of drug-likeness (QED) is 0.501. The average Bonchev–Trinajstić information content (AvgIpc) is 2.70. The van der Waals surface area contributed by atoms with E-state index in [-0.39, 0.29) is 12.5 Å². The van der Waals surface area contributed by atoms with Gasteiger partial charge < -0.3 is 14.8 Å². The highest BCUT2D eigenvalue weighted by molar-refractivity contribution is 6.00. The summed E-state index contributed by atoms with van der Waals surface area (Å²) in [7, 11) is 0. The first-order valence-electron chi connectivity index (χ1n) is 8.32. The fraction of sp³-hybridized carbons (Fsp3) is 0.143. The molecule has 5 nitrogen and oxygen atoms in total. The molecule has 0 radical (unpaired) electrons. The van der Waals surface area contributed by atoms with Crippen molar-refractivity contribution in [3.63, 3.8) is 0 Å². The van der Waals surface area contributed by atoms with Crippen LogP contribution in [-0.2, 0) is 4.79 Å². The summed E-state index contributed by atoms with van der Waals surface area (Å²) < 4.78 is 11.0. The third kappa shape index (κ3) is 4.39. The van der Waals surface area contributed by atoms with E-state index in [9.17, 15) is 9.59 Å². The molecule has 0 unspecified atom stereocenters. The molecule has 132 valence electrons. The molecule has 26 heavy (non-hydrogen) atoms. The minimum absolute atomic E-state index is 0.162. The first-order valence-corrected chi connectivity index (χ1v) is 8.32. The molecule has 3 rings (SSSR count).